The minimum absolute atomic E-state index is 0.321. The molecule has 0 fully saturated rings. The standard InChI is InChI=1S/C9H9N7O/c1-15-8(10-5-13-15)4-17-9-2-7-3-11-12-6-16(7)14-9/h2-3,5-6H,4H2,1H3. The first kappa shape index (κ1) is 9.70. The third-order valence-electron chi connectivity index (χ3n) is 2.31. The van der Waals surface area contributed by atoms with Gasteiger partial charge in [0.15, 0.2) is 5.82 Å². The van der Waals surface area contributed by atoms with Gasteiger partial charge < -0.3 is 4.74 Å². The molecule has 0 saturated heterocycles. The molecule has 0 N–H and O–H groups in total. The van der Waals surface area contributed by atoms with Crippen molar-refractivity contribution < 1.29 is 4.74 Å². The number of aryl methyl sites for hydroxylation is 1. The van der Waals surface area contributed by atoms with Gasteiger partial charge in [-0.1, -0.05) is 0 Å². The summed E-state index contributed by atoms with van der Waals surface area (Å²) in [6.45, 7) is 0.321. The lowest BCUT2D eigenvalue weighted by Gasteiger charge is -2.00. The van der Waals surface area contributed by atoms with Crippen molar-refractivity contribution in [1.29, 1.82) is 0 Å². The summed E-state index contributed by atoms with van der Waals surface area (Å²) in [6.07, 6.45) is 4.61. The van der Waals surface area contributed by atoms with Crippen molar-refractivity contribution >= 4 is 5.52 Å². The Morgan fingerprint density at radius 1 is 1.35 bits per heavy atom. The Bertz CT molecular complexity index is 610. The van der Waals surface area contributed by atoms with Gasteiger partial charge >= 0.3 is 0 Å². The highest BCUT2D eigenvalue weighted by molar-refractivity contribution is 5.46. The molecule has 0 aromatic carbocycles. The molecule has 3 rings (SSSR count). The van der Waals surface area contributed by atoms with Gasteiger partial charge in [-0.05, 0) is 0 Å². The second-order valence-corrected chi connectivity index (χ2v) is 3.42. The predicted molar refractivity (Wildman–Crippen MR) is 56.1 cm³/mol. The van der Waals surface area contributed by atoms with E-state index in [1.807, 2.05) is 7.05 Å². The molecule has 17 heavy (non-hydrogen) atoms. The molecular formula is C9H9N7O. The fourth-order valence-corrected chi connectivity index (χ4v) is 1.41. The van der Waals surface area contributed by atoms with Crippen LogP contribution in [0.15, 0.2) is 24.9 Å². The van der Waals surface area contributed by atoms with Crippen molar-refractivity contribution in [2.24, 2.45) is 7.05 Å². The summed E-state index contributed by atoms with van der Waals surface area (Å²) in [4.78, 5) is 4.05. The highest BCUT2D eigenvalue weighted by Gasteiger charge is 2.05. The molecule has 0 unspecified atom stereocenters. The van der Waals surface area contributed by atoms with Crippen molar-refractivity contribution in [3.05, 3.63) is 30.7 Å². The summed E-state index contributed by atoms with van der Waals surface area (Å²) in [7, 11) is 1.81. The maximum absolute atomic E-state index is 5.51. The highest BCUT2D eigenvalue weighted by Crippen LogP contribution is 2.12. The van der Waals surface area contributed by atoms with E-state index >= 15 is 0 Å². The smallest absolute Gasteiger partial charge is 0.234 e. The Balaban J connectivity index is 1.79. The average molecular weight is 231 g/mol. The zero-order chi connectivity index (χ0) is 11.7. The van der Waals surface area contributed by atoms with Gasteiger partial charge in [0.2, 0.25) is 5.88 Å². The molecule has 0 atom stereocenters. The first-order valence-electron chi connectivity index (χ1n) is 4.95. The molecule has 8 nitrogen and oxygen atoms in total. The quantitative estimate of drug-likeness (QED) is 0.622. The van der Waals surface area contributed by atoms with Gasteiger partial charge in [-0.2, -0.15) is 10.2 Å². The van der Waals surface area contributed by atoms with Crippen LogP contribution in [0.1, 0.15) is 5.82 Å². The van der Waals surface area contributed by atoms with Gasteiger partial charge in [-0.15, -0.1) is 10.2 Å². The van der Waals surface area contributed by atoms with E-state index in [0.717, 1.165) is 11.3 Å². The van der Waals surface area contributed by atoms with E-state index in [-0.39, 0.29) is 0 Å². The van der Waals surface area contributed by atoms with Crippen molar-refractivity contribution in [1.82, 2.24) is 34.6 Å². The second-order valence-electron chi connectivity index (χ2n) is 3.42. The summed E-state index contributed by atoms with van der Waals surface area (Å²) >= 11 is 0. The van der Waals surface area contributed by atoms with Crippen LogP contribution >= 0.6 is 0 Å². The van der Waals surface area contributed by atoms with Crippen molar-refractivity contribution in [2.45, 2.75) is 6.61 Å². The lowest BCUT2D eigenvalue weighted by Crippen LogP contribution is -2.04. The van der Waals surface area contributed by atoms with Crippen molar-refractivity contribution in [3.8, 4) is 5.88 Å². The number of aromatic nitrogens is 7. The molecule has 0 aliphatic carbocycles. The van der Waals surface area contributed by atoms with Crippen LogP contribution in [0.4, 0.5) is 0 Å². The van der Waals surface area contributed by atoms with E-state index in [1.165, 1.54) is 12.7 Å². The first-order chi connectivity index (χ1) is 8.33. The number of rotatable bonds is 3. The van der Waals surface area contributed by atoms with E-state index in [4.69, 9.17) is 4.74 Å². The minimum atomic E-state index is 0.321. The fraction of sp³-hybridized carbons (Fsp3) is 0.222. The number of hydrogen-bond acceptors (Lipinski definition) is 6. The SMILES string of the molecule is Cn1ncnc1COc1cc2cnncn2n1. The number of nitrogens with zero attached hydrogens (tertiary/aromatic N) is 7. The van der Waals surface area contributed by atoms with Crippen LogP contribution in [0.25, 0.3) is 5.52 Å². The van der Waals surface area contributed by atoms with E-state index in [1.54, 1.807) is 21.5 Å². The van der Waals surface area contributed by atoms with E-state index in [9.17, 15) is 0 Å². The van der Waals surface area contributed by atoms with Crippen LogP contribution in [-0.2, 0) is 13.7 Å². The predicted octanol–water partition coefficient (Wildman–Crippen LogP) is -0.168. The molecular weight excluding hydrogens is 222 g/mol. The molecule has 0 amide bonds. The molecule has 8 heteroatoms. The van der Waals surface area contributed by atoms with Crippen LogP contribution in [-0.4, -0.2) is 34.6 Å². The molecule has 0 spiro atoms. The van der Waals surface area contributed by atoms with Crippen LogP contribution in [0.2, 0.25) is 0 Å². The maximum Gasteiger partial charge on any atom is 0.234 e. The molecule has 0 radical (unpaired) electrons. The summed E-state index contributed by atoms with van der Waals surface area (Å²) in [5.41, 5.74) is 0.827. The van der Waals surface area contributed by atoms with Gasteiger partial charge in [-0.3, -0.25) is 4.68 Å². The molecule has 3 aromatic heterocycles. The molecule has 0 aliphatic heterocycles. The molecule has 0 aliphatic rings. The third kappa shape index (κ3) is 1.80. The Hall–Kier alpha value is -2.51. The lowest BCUT2D eigenvalue weighted by atomic mass is 10.5. The van der Waals surface area contributed by atoms with Gasteiger partial charge in [0.25, 0.3) is 0 Å². The zero-order valence-electron chi connectivity index (χ0n) is 9.06. The lowest BCUT2D eigenvalue weighted by molar-refractivity contribution is 0.277. The molecule has 3 heterocycles. The number of ether oxygens (including phenoxy) is 1. The monoisotopic (exact) mass is 231 g/mol. The van der Waals surface area contributed by atoms with E-state index < -0.39 is 0 Å². The maximum atomic E-state index is 5.51. The van der Waals surface area contributed by atoms with Crippen molar-refractivity contribution in [3.63, 3.8) is 0 Å². The van der Waals surface area contributed by atoms with E-state index in [2.05, 4.69) is 25.4 Å². The van der Waals surface area contributed by atoms with Gasteiger partial charge in [0.1, 0.15) is 19.3 Å². The van der Waals surface area contributed by atoms with Crippen LogP contribution in [0.5, 0.6) is 5.88 Å². The molecule has 0 bridgehead atoms. The Morgan fingerprint density at radius 2 is 2.29 bits per heavy atom. The van der Waals surface area contributed by atoms with Gasteiger partial charge in [-0.25, -0.2) is 9.50 Å². The summed E-state index contributed by atoms with van der Waals surface area (Å²) in [5.74, 6) is 1.24. The topological polar surface area (TPSA) is 83.0 Å². The first-order valence-corrected chi connectivity index (χ1v) is 4.95. The fourth-order valence-electron chi connectivity index (χ4n) is 1.41. The minimum Gasteiger partial charge on any atom is -0.468 e. The van der Waals surface area contributed by atoms with Crippen LogP contribution in [0.3, 0.4) is 0 Å². The third-order valence-corrected chi connectivity index (χ3v) is 2.31. The molecule has 3 aromatic rings. The van der Waals surface area contributed by atoms with Crippen LogP contribution < -0.4 is 4.74 Å². The number of fused-ring (bicyclic) bond motifs is 1. The Kier molecular flexibility index (Phi) is 2.18. The Morgan fingerprint density at radius 3 is 3.06 bits per heavy atom. The van der Waals surface area contributed by atoms with E-state index in [0.29, 0.717) is 12.5 Å². The largest absolute Gasteiger partial charge is 0.468 e. The Labute approximate surface area is 95.9 Å². The van der Waals surface area contributed by atoms with Gasteiger partial charge in [0.05, 0.1) is 11.7 Å². The summed E-state index contributed by atoms with van der Waals surface area (Å²) < 4.78 is 8.75. The average Bonchev–Trinajstić information content (AvgIpc) is 2.92. The van der Waals surface area contributed by atoms with Crippen LogP contribution in [0, 0.1) is 0 Å². The highest BCUT2D eigenvalue weighted by atomic mass is 16.5. The molecule has 86 valence electrons. The number of hydrogen-bond donors (Lipinski definition) is 0. The van der Waals surface area contributed by atoms with Crippen molar-refractivity contribution in [2.75, 3.05) is 0 Å². The second kappa shape index (κ2) is 3.81. The summed E-state index contributed by atoms with van der Waals surface area (Å²) in [5, 5.41) is 15.6. The normalized spacial score (nSPS) is 10.9. The summed E-state index contributed by atoms with van der Waals surface area (Å²) in [6, 6.07) is 1.78. The zero-order valence-corrected chi connectivity index (χ0v) is 9.06. The molecule has 0 saturated carbocycles. The van der Waals surface area contributed by atoms with Gasteiger partial charge in [0, 0.05) is 13.1 Å².